The van der Waals surface area contributed by atoms with E-state index < -0.39 is 0 Å². The fraction of sp³-hybridized carbons (Fsp3) is 0. The van der Waals surface area contributed by atoms with Gasteiger partial charge in [0.15, 0.2) is 11.6 Å². The number of nitrogens with zero attached hydrogens (tertiary/aromatic N) is 4. The van der Waals surface area contributed by atoms with Crippen molar-refractivity contribution in [3.8, 4) is 56.5 Å². The molecule has 0 N–H and O–H groups in total. The van der Waals surface area contributed by atoms with Crippen LogP contribution in [0.25, 0.3) is 98.8 Å². The largest absolute Gasteiger partial charge is 0.456 e. The van der Waals surface area contributed by atoms with Gasteiger partial charge in [0.05, 0.1) is 27.3 Å². The molecule has 0 unspecified atom stereocenters. The normalized spacial score (nSPS) is 11.6. The van der Waals surface area contributed by atoms with Gasteiger partial charge in [-0.05, 0) is 24.3 Å². The Morgan fingerprint density at radius 1 is 0.440 bits per heavy atom. The van der Waals surface area contributed by atoms with E-state index in [1.807, 2.05) is 78.9 Å². The van der Waals surface area contributed by atoms with Gasteiger partial charge in [0.1, 0.15) is 11.2 Å². The van der Waals surface area contributed by atoms with Crippen molar-refractivity contribution in [1.29, 1.82) is 0 Å². The maximum atomic E-state index is 6.60. The molecule has 0 aliphatic rings. The number of benzene rings is 6. The van der Waals surface area contributed by atoms with Crippen molar-refractivity contribution in [1.82, 2.24) is 19.9 Å². The van der Waals surface area contributed by atoms with E-state index in [4.69, 9.17) is 24.4 Å². The van der Waals surface area contributed by atoms with E-state index in [1.54, 1.807) is 11.3 Å². The first kappa shape index (κ1) is 28.5. The minimum Gasteiger partial charge on any atom is -0.456 e. The molecule has 0 aliphatic carbocycles. The van der Waals surface area contributed by atoms with Crippen LogP contribution in [-0.2, 0) is 0 Å². The lowest BCUT2D eigenvalue weighted by Crippen LogP contribution is -1.96. The first-order chi connectivity index (χ1) is 24.8. The molecule has 0 radical (unpaired) electrons. The Labute approximate surface area is 291 Å². The third-order valence-corrected chi connectivity index (χ3v) is 10.3. The summed E-state index contributed by atoms with van der Waals surface area (Å²) in [5.41, 5.74) is 9.99. The maximum absolute atomic E-state index is 6.60. The van der Waals surface area contributed by atoms with Gasteiger partial charge in [0.2, 0.25) is 0 Å². The minimum atomic E-state index is 0.632. The van der Waals surface area contributed by atoms with Gasteiger partial charge in [-0.3, -0.25) is 0 Å². The number of thiophene rings is 1. The molecule has 0 aliphatic heterocycles. The highest BCUT2D eigenvalue weighted by molar-refractivity contribution is 7.26. The summed E-state index contributed by atoms with van der Waals surface area (Å²) in [7, 11) is 0. The molecule has 4 aromatic heterocycles. The molecule has 5 nitrogen and oxygen atoms in total. The zero-order chi connectivity index (χ0) is 33.0. The number of hydrogen-bond donors (Lipinski definition) is 0. The van der Waals surface area contributed by atoms with Crippen molar-refractivity contribution in [3.63, 3.8) is 0 Å². The van der Waals surface area contributed by atoms with E-state index in [9.17, 15) is 0 Å². The Hall–Kier alpha value is -6.50. The van der Waals surface area contributed by atoms with E-state index in [0.717, 1.165) is 82.4 Å². The summed E-state index contributed by atoms with van der Waals surface area (Å²) in [6.45, 7) is 0. The van der Waals surface area contributed by atoms with Gasteiger partial charge in [0, 0.05) is 48.7 Å². The third-order valence-electron chi connectivity index (χ3n) is 9.14. The summed E-state index contributed by atoms with van der Waals surface area (Å²) in [5, 5.41) is 3.05. The Balaban J connectivity index is 1.28. The van der Waals surface area contributed by atoms with Crippen molar-refractivity contribution in [2.45, 2.75) is 0 Å². The zero-order valence-corrected chi connectivity index (χ0v) is 27.4. The van der Waals surface area contributed by atoms with Crippen molar-refractivity contribution in [2.24, 2.45) is 0 Å². The van der Waals surface area contributed by atoms with Crippen LogP contribution >= 0.6 is 11.3 Å². The fourth-order valence-corrected chi connectivity index (χ4v) is 7.97. The minimum absolute atomic E-state index is 0.632. The van der Waals surface area contributed by atoms with Crippen molar-refractivity contribution < 1.29 is 4.42 Å². The van der Waals surface area contributed by atoms with Gasteiger partial charge in [-0.25, -0.2) is 19.9 Å². The molecular weight excluding hydrogens is 633 g/mol. The van der Waals surface area contributed by atoms with Gasteiger partial charge < -0.3 is 4.42 Å². The molecule has 234 valence electrons. The van der Waals surface area contributed by atoms with Gasteiger partial charge in [-0.2, -0.15) is 0 Å². The summed E-state index contributed by atoms with van der Waals surface area (Å²) in [6, 6.07) is 53.6. The fourth-order valence-electron chi connectivity index (χ4n) is 6.82. The summed E-state index contributed by atoms with van der Waals surface area (Å²) >= 11 is 1.72. The first-order valence-electron chi connectivity index (χ1n) is 16.5. The summed E-state index contributed by atoms with van der Waals surface area (Å²) in [4.78, 5) is 20.8. The quantitative estimate of drug-likeness (QED) is 0.184. The number of aromatic nitrogens is 4. The number of fused-ring (bicyclic) bond motifs is 6. The van der Waals surface area contributed by atoms with Crippen LogP contribution in [0, 0.1) is 0 Å². The Morgan fingerprint density at radius 2 is 1.00 bits per heavy atom. The second-order valence-corrected chi connectivity index (χ2v) is 13.2. The van der Waals surface area contributed by atoms with E-state index >= 15 is 0 Å². The average molecular weight is 659 g/mol. The first-order valence-corrected chi connectivity index (χ1v) is 17.3. The molecule has 10 aromatic rings. The molecular formula is C44H26N4OS. The van der Waals surface area contributed by atoms with Crippen LogP contribution in [0.3, 0.4) is 0 Å². The third kappa shape index (κ3) is 4.69. The Bertz CT molecular complexity index is 2810. The van der Waals surface area contributed by atoms with Crippen molar-refractivity contribution >= 4 is 53.6 Å². The Kier molecular flexibility index (Phi) is 6.60. The molecule has 0 amide bonds. The number of furan rings is 1. The highest BCUT2D eigenvalue weighted by Crippen LogP contribution is 2.45. The Morgan fingerprint density at radius 3 is 1.66 bits per heavy atom. The SMILES string of the molecule is c1ccc(-c2cc(-c3ccccc3)nc(-c3cccc4oc5cccc(-c6nc(-c7ccccc7)nc7c6sc6ccccc67)c5c34)n2)cc1. The molecule has 10 rings (SSSR count). The smallest absolute Gasteiger partial charge is 0.161 e. The molecule has 0 saturated carbocycles. The van der Waals surface area contributed by atoms with E-state index in [2.05, 4.69) is 78.9 Å². The van der Waals surface area contributed by atoms with Crippen molar-refractivity contribution in [2.75, 3.05) is 0 Å². The van der Waals surface area contributed by atoms with Crippen LogP contribution in [0.1, 0.15) is 0 Å². The van der Waals surface area contributed by atoms with E-state index in [0.29, 0.717) is 11.6 Å². The molecule has 0 saturated heterocycles. The van der Waals surface area contributed by atoms with Crippen LogP contribution in [0.15, 0.2) is 162 Å². The van der Waals surface area contributed by atoms with Crippen LogP contribution in [0.5, 0.6) is 0 Å². The molecule has 4 heterocycles. The van der Waals surface area contributed by atoms with Gasteiger partial charge in [0.25, 0.3) is 0 Å². The maximum Gasteiger partial charge on any atom is 0.161 e. The van der Waals surface area contributed by atoms with E-state index in [1.165, 1.54) is 4.70 Å². The van der Waals surface area contributed by atoms with Gasteiger partial charge in [-0.15, -0.1) is 11.3 Å². The van der Waals surface area contributed by atoms with Crippen LogP contribution in [0.4, 0.5) is 0 Å². The van der Waals surface area contributed by atoms with Crippen LogP contribution in [-0.4, -0.2) is 19.9 Å². The molecule has 6 heteroatoms. The molecule has 0 fully saturated rings. The molecule has 0 spiro atoms. The standard InChI is InChI=1S/C44H26N4OS/c1-4-14-27(15-5-1)33-26-34(28-16-6-2-7-17-28)46-44(45-33)32-22-13-24-36-39(32)38-31(21-12-23-35(38)49-36)41-42-40(30-20-10-11-25-37(30)50-42)47-43(48-41)29-18-8-3-9-19-29/h1-26H. The molecule has 6 aromatic carbocycles. The number of hydrogen-bond acceptors (Lipinski definition) is 6. The van der Waals surface area contributed by atoms with Gasteiger partial charge in [-0.1, -0.05) is 133 Å². The lowest BCUT2D eigenvalue weighted by molar-refractivity contribution is 0.669. The summed E-state index contributed by atoms with van der Waals surface area (Å²) < 4.78 is 8.81. The summed E-state index contributed by atoms with van der Waals surface area (Å²) in [6.07, 6.45) is 0. The molecule has 0 atom stereocenters. The second kappa shape index (κ2) is 11.6. The average Bonchev–Trinajstić information content (AvgIpc) is 3.77. The topological polar surface area (TPSA) is 64.7 Å². The molecule has 50 heavy (non-hydrogen) atoms. The van der Waals surface area contributed by atoms with Gasteiger partial charge >= 0.3 is 0 Å². The van der Waals surface area contributed by atoms with Crippen molar-refractivity contribution in [3.05, 3.63) is 158 Å². The van der Waals surface area contributed by atoms with E-state index in [-0.39, 0.29) is 0 Å². The zero-order valence-electron chi connectivity index (χ0n) is 26.6. The highest BCUT2D eigenvalue weighted by Gasteiger charge is 2.23. The predicted molar refractivity (Wildman–Crippen MR) is 205 cm³/mol. The number of rotatable bonds is 5. The highest BCUT2D eigenvalue weighted by atomic mass is 32.1. The molecule has 0 bridgehead atoms. The monoisotopic (exact) mass is 658 g/mol. The second-order valence-electron chi connectivity index (χ2n) is 12.2. The lowest BCUT2D eigenvalue weighted by atomic mass is 9.99. The predicted octanol–water partition coefficient (Wildman–Crippen LogP) is 11.9. The lowest BCUT2D eigenvalue weighted by Gasteiger charge is -2.11. The summed E-state index contributed by atoms with van der Waals surface area (Å²) in [5.74, 6) is 1.32. The van der Waals surface area contributed by atoms with Crippen LogP contribution in [0.2, 0.25) is 0 Å². The van der Waals surface area contributed by atoms with Crippen LogP contribution < -0.4 is 0 Å².